The van der Waals surface area contributed by atoms with E-state index in [1.165, 1.54) is 12.1 Å². The number of alkyl halides is 3. The highest BCUT2D eigenvalue weighted by atomic mass is 19.4. The summed E-state index contributed by atoms with van der Waals surface area (Å²) in [6.07, 6.45) is -5.11. The predicted molar refractivity (Wildman–Crippen MR) is 89.1 cm³/mol. The van der Waals surface area contributed by atoms with Gasteiger partial charge in [-0.15, -0.1) is 0 Å². The van der Waals surface area contributed by atoms with Gasteiger partial charge in [-0.3, -0.25) is 4.79 Å². The molecule has 0 aliphatic rings. The molecule has 142 valence electrons. The first kappa shape index (κ1) is 20.0. The molecule has 2 aromatic rings. The minimum absolute atomic E-state index is 0.0907. The summed E-state index contributed by atoms with van der Waals surface area (Å²) in [4.78, 5) is 25.7. The standard InChI is InChI=1S/C18H15F3N2O4/c1-10-3-5-12(6-4-10)15(11(2)23-17(26)18(19,20)21)27-13-7-8-14(16(24)25)22-9-13/h3-9,15H,2H2,1H3,(H,23,26)(H,24,25)/t15-/m0/s1. The number of aryl methyl sites for hydroxylation is 1. The zero-order valence-electron chi connectivity index (χ0n) is 14.1. The largest absolute Gasteiger partial charge is 0.478 e. The van der Waals surface area contributed by atoms with E-state index >= 15 is 0 Å². The van der Waals surface area contributed by atoms with E-state index in [1.807, 2.05) is 6.92 Å². The third-order valence-corrected chi connectivity index (χ3v) is 3.44. The Bertz CT molecular complexity index is 846. The maximum Gasteiger partial charge on any atom is 0.471 e. The highest BCUT2D eigenvalue weighted by Gasteiger charge is 2.39. The van der Waals surface area contributed by atoms with E-state index < -0.39 is 24.2 Å². The number of hydrogen-bond donors (Lipinski definition) is 2. The fraction of sp³-hybridized carbons (Fsp3) is 0.167. The first-order valence-corrected chi connectivity index (χ1v) is 7.57. The van der Waals surface area contributed by atoms with Crippen LogP contribution in [0.4, 0.5) is 13.2 Å². The molecule has 0 saturated carbocycles. The van der Waals surface area contributed by atoms with Crippen molar-refractivity contribution in [3.63, 3.8) is 0 Å². The molecule has 27 heavy (non-hydrogen) atoms. The van der Waals surface area contributed by atoms with Crippen molar-refractivity contribution in [2.45, 2.75) is 19.2 Å². The molecule has 1 aromatic carbocycles. The molecule has 2 N–H and O–H groups in total. The van der Waals surface area contributed by atoms with Crippen molar-refractivity contribution in [2.75, 3.05) is 0 Å². The van der Waals surface area contributed by atoms with Gasteiger partial charge in [0.25, 0.3) is 0 Å². The van der Waals surface area contributed by atoms with Crippen molar-refractivity contribution in [3.8, 4) is 5.75 Å². The van der Waals surface area contributed by atoms with Crippen molar-refractivity contribution in [3.05, 3.63) is 71.7 Å². The van der Waals surface area contributed by atoms with Crippen LogP contribution >= 0.6 is 0 Å². The lowest BCUT2D eigenvalue weighted by Crippen LogP contribution is -2.38. The average Bonchev–Trinajstić information content (AvgIpc) is 2.60. The second-order valence-corrected chi connectivity index (χ2v) is 5.57. The van der Waals surface area contributed by atoms with Gasteiger partial charge in [0.05, 0.1) is 11.9 Å². The smallest absolute Gasteiger partial charge is 0.471 e. The maximum absolute atomic E-state index is 12.5. The number of halogens is 3. The molecule has 9 heteroatoms. The molecule has 0 aliphatic carbocycles. The van der Waals surface area contributed by atoms with Gasteiger partial charge in [-0.1, -0.05) is 36.4 Å². The molecule has 0 spiro atoms. The lowest BCUT2D eigenvalue weighted by Gasteiger charge is -2.22. The average molecular weight is 380 g/mol. The number of carboxylic acids is 1. The number of amides is 1. The summed E-state index contributed by atoms with van der Waals surface area (Å²) in [6.45, 7) is 5.31. The van der Waals surface area contributed by atoms with Gasteiger partial charge in [-0.25, -0.2) is 9.78 Å². The van der Waals surface area contributed by atoms with Crippen LogP contribution in [0, 0.1) is 6.92 Å². The van der Waals surface area contributed by atoms with Gasteiger partial charge in [0, 0.05) is 0 Å². The molecular formula is C18H15F3N2O4. The van der Waals surface area contributed by atoms with Gasteiger partial charge in [0.2, 0.25) is 0 Å². The van der Waals surface area contributed by atoms with Crippen LogP contribution < -0.4 is 10.1 Å². The molecule has 0 aliphatic heterocycles. The fourth-order valence-electron chi connectivity index (χ4n) is 2.08. The number of carbonyl (C=O) groups excluding carboxylic acids is 1. The number of benzene rings is 1. The van der Waals surface area contributed by atoms with Crippen LogP contribution in [0.25, 0.3) is 0 Å². The number of rotatable bonds is 6. The Hall–Kier alpha value is -3.36. The summed E-state index contributed by atoms with van der Waals surface area (Å²) in [7, 11) is 0. The van der Waals surface area contributed by atoms with E-state index in [4.69, 9.17) is 9.84 Å². The second kappa shape index (κ2) is 7.90. The number of aromatic carboxylic acids is 1. The predicted octanol–water partition coefficient (Wildman–Crippen LogP) is 3.40. The molecule has 1 aromatic heterocycles. The molecule has 1 amide bonds. The Morgan fingerprint density at radius 3 is 2.30 bits per heavy atom. The van der Waals surface area contributed by atoms with Gasteiger partial charge in [-0.2, -0.15) is 13.2 Å². The Morgan fingerprint density at radius 2 is 1.81 bits per heavy atom. The molecule has 0 fully saturated rings. The van der Waals surface area contributed by atoms with Crippen LogP contribution in [0.3, 0.4) is 0 Å². The third kappa shape index (κ3) is 5.30. The van der Waals surface area contributed by atoms with Crippen molar-refractivity contribution in [1.29, 1.82) is 0 Å². The van der Waals surface area contributed by atoms with E-state index in [0.29, 0.717) is 5.56 Å². The Labute approximate surface area is 152 Å². The van der Waals surface area contributed by atoms with E-state index in [9.17, 15) is 22.8 Å². The SMILES string of the molecule is C=C(NC(=O)C(F)(F)F)[C@H](Oc1ccc(C(=O)O)nc1)c1ccc(C)cc1. The molecule has 2 rings (SSSR count). The van der Waals surface area contributed by atoms with E-state index in [2.05, 4.69) is 11.6 Å². The summed E-state index contributed by atoms with van der Waals surface area (Å²) in [5.74, 6) is -3.32. The summed E-state index contributed by atoms with van der Waals surface area (Å²) in [5.41, 5.74) is 0.798. The minimum atomic E-state index is -5.08. The Morgan fingerprint density at radius 1 is 1.19 bits per heavy atom. The fourth-order valence-corrected chi connectivity index (χ4v) is 2.08. The second-order valence-electron chi connectivity index (χ2n) is 5.57. The lowest BCUT2D eigenvalue weighted by molar-refractivity contribution is -0.173. The number of nitrogens with one attached hydrogen (secondary N) is 1. The van der Waals surface area contributed by atoms with Gasteiger partial charge in [-0.05, 0) is 24.6 Å². The first-order chi connectivity index (χ1) is 12.6. The number of ether oxygens (including phenoxy) is 1. The normalized spacial score (nSPS) is 12.1. The monoisotopic (exact) mass is 380 g/mol. The first-order valence-electron chi connectivity index (χ1n) is 7.57. The van der Waals surface area contributed by atoms with Crippen molar-refractivity contribution < 1.29 is 32.6 Å². The molecule has 0 bridgehead atoms. The van der Waals surface area contributed by atoms with Crippen LogP contribution in [-0.4, -0.2) is 28.1 Å². The highest BCUT2D eigenvalue weighted by molar-refractivity contribution is 5.85. The molecule has 6 nitrogen and oxygen atoms in total. The number of pyridine rings is 1. The Balaban J connectivity index is 2.29. The molecule has 0 saturated heterocycles. The van der Waals surface area contributed by atoms with E-state index in [1.54, 1.807) is 29.6 Å². The molecule has 0 unspecified atom stereocenters. The van der Waals surface area contributed by atoms with Crippen LogP contribution in [-0.2, 0) is 4.79 Å². The number of hydrogen-bond acceptors (Lipinski definition) is 4. The quantitative estimate of drug-likeness (QED) is 0.802. The zero-order chi connectivity index (χ0) is 20.2. The summed E-state index contributed by atoms with van der Waals surface area (Å²) in [6, 6.07) is 9.15. The van der Waals surface area contributed by atoms with Crippen LogP contribution in [0.2, 0.25) is 0 Å². The maximum atomic E-state index is 12.5. The summed E-state index contributed by atoms with van der Waals surface area (Å²) in [5, 5.41) is 10.5. The van der Waals surface area contributed by atoms with Crippen LogP contribution in [0.5, 0.6) is 5.75 Å². The summed E-state index contributed by atoms with van der Waals surface area (Å²) >= 11 is 0. The van der Waals surface area contributed by atoms with Crippen LogP contribution in [0.1, 0.15) is 27.7 Å². The topological polar surface area (TPSA) is 88.5 Å². The van der Waals surface area contributed by atoms with Crippen molar-refractivity contribution in [1.82, 2.24) is 10.3 Å². The number of carboxylic acid groups (broad SMARTS) is 1. The minimum Gasteiger partial charge on any atom is -0.478 e. The zero-order valence-corrected chi connectivity index (χ0v) is 14.1. The van der Waals surface area contributed by atoms with Gasteiger partial charge in [0.1, 0.15) is 11.4 Å². The van der Waals surface area contributed by atoms with Gasteiger partial charge < -0.3 is 15.2 Å². The van der Waals surface area contributed by atoms with E-state index in [0.717, 1.165) is 11.8 Å². The van der Waals surface area contributed by atoms with Crippen molar-refractivity contribution in [2.24, 2.45) is 0 Å². The Kier molecular flexibility index (Phi) is 5.84. The molecular weight excluding hydrogens is 365 g/mol. The lowest BCUT2D eigenvalue weighted by atomic mass is 10.0. The molecule has 0 radical (unpaired) electrons. The molecule has 1 atom stereocenters. The number of carbonyl (C=O) groups is 2. The van der Waals surface area contributed by atoms with Gasteiger partial charge >= 0.3 is 18.1 Å². The highest BCUT2D eigenvalue weighted by Crippen LogP contribution is 2.27. The van der Waals surface area contributed by atoms with Crippen LogP contribution in [0.15, 0.2) is 54.9 Å². The molecule has 1 heterocycles. The third-order valence-electron chi connectivity index (χ3n) is 3.44. The van der Waals surface area contributed by atoms with Crippen molar-refractivity contribution >= 4 is 11.9 Å². The van der Waals surface area contributed by atoms with E-state index in [-0.39, 0.29) is 17.1 Å². The summed E-state index contributed by atoms with van der Waals surface area (Å²) < 4.78 is 43.2. The van der Waals surface area contributed by atoms with Gasteiger partial charge in [0.15, 0.2) is 6.10 Å². The number of nitrogens with zero attached hydrogens (tertiary/aromatic N) is 1. The number of aromatic nitrogens is 1.